The highest BCUT2D eigenvalue weighted by atomic mass is 16.6. The van der Waals surface area contributed by atoms with E-state index < -0.39 is 0 Å². The van der Waals surface area contributed by atoms with Crippen molar-refractivity contribution >= 4 is 7.69 Å². The zero-order valence-electron chi connectivity index (χ0n) is 20.1. The first-order valence-corrected chi connectivity index (χ1v) is 12.4. The van der Waals surface area contributed by atoms with Crippen LogP contribution in [-0.4, -0.2) is 38.8 Å². The van der Waals surface area contributed by atoms with E-state index in [4.69, 9.17) is 9.31 Å². The molecule has 0 amide bonds. The van der Waals surface area contributed by atoms with Gasteiger partial charge >= 0.3 is 7.69 Å². The van der Waals surface area contributed by atoms with E-state index in [1.54, 1.807) is 7.69 Å². The van der Waals surface area contributed by atoms with E-state index in [-0.39, 0.29) is 11.5 Å². The summed E-state index contributed by atoms with van der Waals surface area (Å²) in [4.78, 5) is 2.51. The molecule has 4 heteroatoms. The predicted octanol–water partition coefficient (Wildman–Crippen LogP) is 6.83. The molecule has 0 aromatic heterocycles. The molecule has 0 saturated carbocycles. The Balaban J connectivity index is 1.70. The highest BCUT2D eigenvalue weighted by molar-refractivity contribution is 6.18. The zero-order chi connectivity index (χ0) is 21.7. The van der Waals surface area contributed by atoms with Crippen molar-refractivity contribution in [1.82, 2.24) is 4.90 Å². The van der Waals surface area contributed by atoms with Crippen LogP contribution in [0.25, 0.3) is 0 Å². The van der Waals surface area contributed by atoms with E-state index in [9.17, 15) is 0 Å². The summed E-state index contributed by atoms with van der Waals surface area (Å²) in [5, 5.41) is 0. The van der Waals surface area contributed by atoms with Crippen molar-refractivity contribution in [2.45, 2.75) is 103 Å². The fraction of sp³-hybridized carbons (Fsp3) is 0.769. The summed E-state index contributed by atoms with van der Waals surface area (Å²) in [6.07, 6.45) is 13.9. The van der Waals surface area contributed by atoms with Gasteiger partial charge in [0.15, 0.2) is 0 Å². The summed E-state index contributed by atoms with van der Waals surface area (Å²) in [5.41, 5.74) is 2.77. The van der Waals surface area contributed by atoms with E-state index in [1.165, 1.54) is 75.3 Å². The second-order valence-electron chi connectivity index (χ2n) is 9.95. The first-order valence-electron chi connectivity index (χ1n) is 12.4. The Morgan fingerprint density at radius 2 is 1.50 bits per heavy atom. The average Bonchev–Trinajstić information content (AvgIpc) is 2.70. The van der Waals surface area contributed by atoms with Gasteiger partial charge in [-0.05, 0) is 29.5 Å². The topological polar surface area (TPSA) is 21.7 Å². The monoisotopic (exact) mass is 414 g/mol. The van der Waals surface area contributed by atoms with Gasteiger partial charge in [-0.1, -0.05) is 110 Å². The molecule has 1 aliphatic heterocycles. The number of rotatable bonds is 12. The molecule has 2 rings (SSSR count). The van der Waals surface area contributed by atoms with Crippen LogP contribution in [-0.2, 0) is 14.7 Å². The molecule has 3 nitrogen and oxygen atoms in total. The van der Waals surface area contributed by atoms with Crippen LogP contribution in [0.3, 0.4) is 0 Å². The van der Waals surface area contributed by atoms with Crippen molar-refractivity contribution in [1.29, 1.82) is 0 Å². The summed E-state index contributed by atoms with van der Waals surface area (Å²) in [6.45, 7) is 12.8. The van der Waals surface area contributed by atoms with Gasteiger partial charge in [0.25, 0.3) is 0 Å². The molecule has 1 radical (unpaired) electrons. The van der Waals surface area contributed by atoms with Crippen molar-refractivity contribution in [3.63, 3.8) is 0 Å². The Bertz CT molecular complexity index is 555. The molecule has 1 heterocycles. The minimum absolute atomic E-state index is 0.0439. The number of nitrogens with zero attached hydrogens (tertiary/aromatic N) is 1. The molecule has 1 fully saturated rings. The fourth-order valence-corrected chi connectivity index (χ4v) is 4.11. The maximum absolute atomic E-state index is 5.94. The fourth-order valence-electron chi connectivity index (χ4n) is 4.11. The van der Waals surface area contributed by atoms with Crippen LogP contribution in [0, 0.1) is 0 Å². The van der Waals surface area contributed by atoms with Gasteiger partial charge in [-0.2, -0.15) is 0 Å². The third-order valence-corrected chi connectivity index (χ3v) is 6.21. The third-order valence-electron chi connectivity index (χ3n) is 6.21. The molecule has 1 aromatic carbocycles. The lowest BCUT2D eigenvalue weighted by Gasteiger charge is -2.30. The second kappa shape index (κ2) is 14.3. The van der Waals surface area contributed by atoms with Gasteiger partial charge in [-0.25, -0.2) is 0 Å². The lowest BCUT2D eigenvalue weighted by Crippen LogP contribution is -2.37. The molecular weight excluding hydrogens is 369 g/mol. The number of hydrogen-bond donors (Lipinski definition) is 0. The molecule has 0 aliphatic carbocycles. The average molecular weight is 414 g/mol. The van der Waals surface area contributed by atoms with Crippen LogP contribution in [0.15, 0.2) is 24.3 Å². The SMILES string of the molecule is CCCCCCCCCCCCN1CCO[B]OC(c2ccc(C(C)(C)C)cc2)C1. The molecule has 1 aromatic rings. The lowest BCUT2D eigenvalue weighted by molar-refractivity contribution is 0.0702. The minimum atomic E-state index is 0.0439. The van der Waals surface area contributed by atoms with E-state index in [1.807, 2.05) is 0 Å². The van der Waals surface area contributed by atoms with Gasteiger partial charge < -0.3 is 9.31 Å². The Labute approximate surface area is 187 Å². The molecular formula is C26H45BNO2. The van der Waals surface area contributed by atoms with Crippen molar-refractivity contribution in [2.24, 2.45) is 0 Å². The molecule has 30 heavy (non-hydrogen) atoms. The minimum Gasteiger partial charge on any atom is -0.412 e. The van der Waals surface area contributed by atoms with Gasteiger partial charge in [0.2, 0.25) is 0 Å². The third kappa shape index (κ3) is 9.98. The van der Waals surface area contributed by atoms with E-state index in [2.05, 4.69) is 56.9 Å². The van der Waals surface area contributed by atoms with Gasteiger partial charge in [0.1, 0.15) is 0 Å². The van der Waals surface area contributed by atoms with E-state index >= 15 is 0 Å². The van der Waals surface area contributed by atoms with Crippen LogP contribution in [0.4, 0.5) is 0 Å². The van der Waals surface area contributed by atoms with Crippen molar-refractivity contribution in [3.05, 3.63) is 35.4 Å². The van der Waals surface area contributed by atoms with Gasteiger partial charge in [-0.3, -0.25) is 4.90 Å². The molecule has 1 aliphatic rings. The highest BCUT2D eigenvalue weighted by Crippen LogP contribution is 2.26. The van der Waals surface area contributed by atoms with Crippen molar-refractivity contribution in [2.75, 3.05) is 26.2 Å². The maximum atomic E-state index is 5.94. The normalized spacial score (nSPS) is 18.6. The molecule has 0 bridgehead atoms. The van der Waals surface area contributed by atoms with Gasteiger partial charge in [-0.15, -0.1) is 0 Å². The number of unbranched alkanes of at least 4 members (excludes halogenated alkanes) is 9. The molecule has 0 spiro atoms. The van der Waals surface area contributed by atoms with Gasteiger partial charge in [0.05, 0.1) is 6.10 Å². The van der Waals surface area contributed by atoms with Crippen molar-refractivity contribution in [3.8, 4) is 0 Å². The number of benzene rings is 1. The zero-order valence-corrected chi connectivity index (χ0v) is 20.1. The summed E-state index contributed by atoms with van der Waals surface area (Å²) in [6, 6.07) is 8.93. The number of hydrogen-bond acceptors (Lipinski definition) is 3. The Kier molecular flexibility index (Phi) is 12.1. The lowest BCUT2D eigenvalue weighted by atomic mass is 9.86. The van der Waals surface area contributed by atoms with Gasteiger partial charge in [0, 0.05) is 19.7 Å². The molecule has 0 N–H and O–H groups in total. The first kappa shape index (κ1) is 25.4. The van der Waals surface area contributed by atoms with Crippen LogP contribution >= 0.6 is 0 Å². The van der Waals surface area contributed by atoms with Crippen molar-refractivity contribution < 1.29 is 9.31 Å². The predicted molar refractivity (Wildman–Crippen MR) is 129 cm³/mol. The van der Waals surface area contributed by atoms with Crippen LogP contribution in [0.2, 0.25) is 0 Å². The standard InChI is InChI=1S/C26H45BNO2/c1-5-6-7-8-9-10-11-12-13-14-19-28-20-21-29-27-30-25(22-28)23-15-17-24(18-16-23)26(2,3)4/h15-18,25H,5-14,19-22H2,1-4H3. The van der Waals surface area contributed by atoms with E-state index in [0.29, 0.717) is 6.61 Å². The molecule has 1 saturated heterocycles. The summed E-state index contributed by atoms with van der Waals surface area (Å²) in [5.74, 6) is 0. The first-order chi connectivity index (χ1) is 14.5. The van der Waals surface area contributed by atoms with E-state index in [0.717, 1.165) is 19.6 Å². The molecule has 1 atom stereocenters. The second-order valence-corrected chi connectivity index (χ2v) is 9.95. The Morgan fingerprint density at radius 3 is 2.10 bits per heavy atom. The molecule has 169 valence electrons. The summed E-state index contributed by atoms with van der Waals surface area (Å²) >= 11 is 0. The Morgan fingerprint density at radius 1 is 0.900 bits per heavy atom. The summed E-state index contributed by atoms with van der Waals surface area (Å²) < 4.78 is 11.5. The van der Waals surface area contributed by atoms with Crippen LogP contribution < -0.4 is 0 Å². The Hall–Kier alpha value is -0.835. The van der Waals surface area contributed by atoms with Crippen LogP contribution in [0.1, 0.15) is 109 Å². The van der Waals surface area contributed by atoms with Crippen LogP contribution in [0.5, 0.6) is 0 Å². The smallest absolute Gasteiger partial charge is 0.412 e. The largest absolute Gasteiger partial charge is 0.488 e. The highest BCUT2D eigenvalue weighted by Gasteiger charge is 2.21. The maximum Gasteiger partial charge on any atom is 0.488 e. The molecule has 1 unspecified atom stereocenters. The summed E-state index contributed by atoms with van der Waals surface area (Å²) in [7, 11) is 1.54. The quantitative estimate of drug-likeness (QED) is 0.276.